The van der Waals surface area contributed by atoms with Crippen molar-refractivity contribution in [2.75, 3.05) is 19.5 Å². The lowest BCUT2D eigenvalue weighted by molar-refractivity contribution is -0.123. The second-order valence-corrected chi connectivity index (χ2v) is 9.96. The quantitative estimate of drug-likeness (QED) is 0.256. The first-order chi connectivity index (χ1) is 18.6. The van der Waals surface area contributed by atoms with E-state index in [4.69, 9.17) is 32.7 Å². The average molecular weight is 587 g/mol. The number of aromatic hydroxyl groups is 1. The first-order valence-corrected chi connectivity index (χ1v) is 12.8. The van der Waals surface area contributed by atoms with Gasteiger partial charge in [-0.1, -0.05) is 35.3 Å². The van der Waals surface area contributed by atoms with Crippen LogP contribution in [0.2, 0.25) is 10.0 Å². The number of phenols is 1. The van der Waals surface area contributed by atoms with Gasteiger partial charge >= 0.3 is 5.97 Å². The zero-order valence-corrected chi connectivity index (χ0v) is 22.8. The van der Waals surface area contributed by atoms with Crippen molar-refractivity contribution in [2.45, 2.75) is 6.54 Å². The number of methoxy groups -OCH3 is 2. The van der Waals surface area contributed by atoms with Crippen LogP contribution in [-0.2, 0) is 16.1 Å². The van der Waals surface area contributed by atoms with Crippen molar-refractivity contribution in [3.63, 3.8) is 0 Å². The van der Waals surface area contributed by atoms with Gasteiger partial charge in [0.2, 0.25) is 0 Å². The maximum atomic E-state index is 12.9. The predicted octanol–water partition coefficient (Wildman–Crippen LogP) is 5.98. The zero-order valence-electron chi connectivity index (χ0n) is 20.5. The normalized spacial score (nSPS) is 14.1. The van der Waals surface area contributed by atoms with Crippen molar-refractivity contribution in [2.24, 2.45) is 0 Å². The predicted molar refractivity (Wildman–Crippen MR) is 148 cm³/mol. The molecule has 1 fully saturated rings. The molecule has 12 heteroatoms. The number of imide groups is 1. The molecule has 3 amide bonds. The Hall–Kier alpha value is -3.99. The Morgan fingerprint density at radius 3 is 2.46 bits per heavy atom. The molecule has 0 atom stereocenters. The number of hydrogen-bond acceptors (Lipinski definition) is 8. The van der Waals surface area contributed by atoms with E-state index in [0.29, 0.717) is 26.9 Å². The van der Waals surface area contributed by atoms with E-state index in [0.717, 1.165) is 16.7 Å². The molecule has 0 aromatic heterocycles. The van der Waals surface area contributed by atoms with Gasteiger partial charge in [0, 0.05) is 11.8 Å². The zero-order chi connectivity index (χ0) is 28.3. The van der Waals surface area contributed by atoms with Crippen LogP contribution in [0.4, 0.5) is 10.5 Å². The Morgan fingerprint density at radius 2 is 1.77 bits per heavy atom. The van der Waals surface area contributed by atoms with E-state index in [1.807, 2.05) is 0 Å². The summed E-state index contributed by atoms with van der Waals surface area (Å²) in [5, 5.41) is 13.2. The molecule has 0 aliphatic carbocycles. The van der Waals surface area contributed by atoms with Crippen molar-refractivity contribution in [3.05, 3.63) is 91.8 Å². The topological polar surface area (TPSA) is 122 Å². The van der Waals surface area contributed by atoms with Gasteiger partial charge in [-0.2, -0.15) is 0 Å². The van der Waals surface area contributed by atoms with E-state index >= 15 is 0 Å². The van der Waals surface area contributed by atoms with E-state index in [-0.39, 0.29) is 34.1 Å². The summed E-state index contributed by atoms with van der Waals surface area (Å²) in [5.74, 6) is -1.86. The van der Waals surface area contributed by atoms with Crippen LogP contribution in [0, 0.1) is 0 Å². The maximum absolute atomic E-state index is 12.9. The number of nitrogens with one attached hydrogen (secondary N) is 1. The largest absolute Gasteiger partial charge is 0.507 e. The van der Waals surface area contributed by atoms with Crippen LogP contribution in [0.1, 0.15) is 31.8 Å². The minimum Gasteiger partial charge on any atom is -0.507 e. The number of phenolic OH excluding ortho intramolecular Hbond substituents is 1. The number of carbonyl (C=O) groups excluding carboxylic acids is 4. The lowest BCUT2D eigenvalue weighted by Crippen LogP contribution is -2.27. The molecule has 3 aromatic rings. The van der Waals surface area contributed by atoms with Crippen molar-refractivity contribution in [1.29, 1.82) is 0 Å². The number of nitrogens with zero attached hydrogens (tertiary/aromatic N) is 1. The van der Waals surface area contributed by atoms with Crippen LogP contribution in [-0.4, -0.2) is 47.2 Å². The number of halogens is 2. The van der Waals surface area contributed by atoms with Gasteiger partial charge < -0.3 is 19.9 Å². The number of anilines is 1. The van der Waals surface area contributed by atoms with E-state index < -0.39 is 23.0 Å². The number of carbonyl (C=O) groups is 4. The Labute approximate surface area is 237 Å². The van der Waals surface area contributed by atoms with E-state index in [1.165, 1.54) is 56.7 Å². The molecule has 200 valence electrons. The van der Waals surface area contributed by atoms with Gasteiger partial charge in [-0.15, -0.1) is 0 Å². The molecule has 0 radical (unpaired) electrons. The molecule has 1 aliphatic heterocycles. The highest BCUT2D eigenvalue weighted by molar-refractivity contribution is 8.18. The SMILES string of the molecule is COC(=O)c1ccc(NC(=O)c2cc(C=C3SC(=O)N(Cc4ccc(Cl)c(Cl)c4)C3=O)ccc2O)cc1OC. The monoisotopic (exact) mass is 586 g/mol. The van der Waals surface area contributed by atoms with Gasteiger partial charge in [0.15, 0.2) is 0 Å². The molecule has 1 aliphatic rings. The fourth-order valence-corrected chi connectivity index (χ4v) is 4.84. The Balaban J connectivity index is 1.53. The molecule has 1 saturated heterocycles. The third-order valence-electron chi connectivity index (χ3n) is 5.63. The number of thioether (sulfide) groups is 1. The first kappa shape index (κ1) is 28.0. The highest BCUT2D eigenvalue weighted by Gasteiger charge is 2.35. The Bertz CT molecular complexity index is 1540. The second-order valence-electron chi connectivity index (χ2n) is 8.15. The molecule has 3 aromatic carbocycles. The number of rotatable bonds is 7. The Morgan fingerprint density at radius 1 is 1.00 bits per heavy atom. The van der Waals surface area contributed by atoms with E-state index in [1.54, 1.807) is 18.2 Å². The summed E-state index contributed by atoms with van der Waals surface area (Å²) in [4.78, 5) is 51.5. The summed E-state index contributed by atoms with van der Waals surface area (Å²) in [5.41, 5.74) is 1.45. The van der Waals surface area contributed by atoms with Gasteiger partial charge in [-0.05, 0) is 65.4 Å². The summed E-state index contributed by atoms with van der Waals surface area (Å²) >= 11 is 12.7. The summed E-state index contributed by atoms with van der Waals surface area (Å²) in [7, 11) is 2.61. The summed E-state index contributed by atoms with van der Waals surface area (Å²) in [6, 6.07) is 13.4. The van der Waals surface area contributed by atoms with Crippen molar-refractivity contribution in [1.82, 2.24) is 4.90 Å². The van der Waals surface area contributed by atoms with Crippen molar-refractivity contribution in [3.8, 4) is 11.5 Å². The number of benzene rings is 3. The Kier molecular flexibility index (Phi) is 8.49. The van der Waals surface area contributed by atoms with Gasteiger partial charge in [0.25, 0.3) is 17.1 Å². The van der Waals surface area contributed by atoms with Gasteiger partial charge in [0.05, 0.1) is 41.3 Å². The standard InChI is InChI=1S/C27H20Cl2N2O7S/c1-37-22-12-16(5-6-17(22)26(35)38-2)30-24(33)18-9-14(4-8-21(18)32)11-23-25(34)31(27(36)39-23)13-15-3-7-19(28)20(29)10-15/h3-12,32H,13H2,1-2H3,(H,30,33). The van der Waals surface area contributed by atoms with Crippen LogP contribution < -0.4 is 10.1 Å². The van der Waals surface area contributed by atoms with Crippen LogP contribution in [0.25, 0.3) is 6.08 Å². The van der Waals surface area contributed by atoms with E-state index in [2.05, 4.69) is 5.32 Å². The summed E-state index contributed by atoms with van der Waals surface area (Å²) in [6.07, 6.45) is 1.46. The molecule has 0 unspecified atom stereocenters. The number of amides is 3. The molecular weight excluding hydrogens is 567 g/mol. The summed E-state index contributed by atoms with van der Waals surface area (Å²) in [6.45, 7) is 0.0142. The number of hydrogen-bond donors (Lipinski definition) is 2. The smallest absolute Gasteiger partial charge is 0.341 e. The minimum atomic E-state index is -0.650. The molecule has 0 bridgehead atoms. The van der Waals surface area contributed by atoms with Crippen molar-refractivity contribution >= 4 is 69.8 Å². The van der Waals surface area contributed by atoms with Gasteiger partial charge in [0.1, 0.15) is 17.1 Å². The fraction of sp³-hybridized carbons (Fsp3) is 0.111. The third-order valence-corrected chi connectivity index (χ3v) is 7.27. The minimum absolute atomic E-state index is 0.0142. The van der Waals surface area contributed by atoms with Crippen LogP contribution in [0.3, 0.4) is 0 Å². The first-order valence-electron chi connectivity index (χ1n) is 11.2. The molecule has 0 spiro atoms. The van der Waals surface area contributed by atoms with E-state index in [9.17, 15) is 24.3 Å². The molecule has 39 heavy (non-hydrogen) atoms. The maximum Gasteiger partial charge on any atom is 0.341 e. The third kappa shape index (κ3) is 6.19. The lowest BCUT2D eigenvalue weighted by atomic mass is 10.1. The number of esters is 1. The lowest BCUT2D eigenvalue weighted by Gasteiger charge is -2.13. The van der Waals surface area contributed by atoms with Crippen molar-refractivity contribution < 1.29 is 33.8 Å². The molecule has 4 rings (SSSR count). The van der Waals surface area contributed by atoms with Crippen LogP contribution in [0.5, 0.6) is 11.5 Å². The highest BCUT2D eigenvalue weighted by Crippen LogP contribution is 2.35. The van der Waals surface area contributed by atoms with Crippen LogP contribution >= 0.6 is 35.0 Å². The van der Waals surface area contributed by atoms with Crippen LogP contribution in [0.15, 0.2) is 59.5 Å². The van der Waals surface area contributed by atoms with Gasteiger partial charge in [-0.25, -0.2) is 4.79 Å². The van der Waals surface area contributed by atoms with Gasteiger partial charge in [-0.3, -0.25) is 19.3 Å². The molecular formula is C27H20Cl2N2O7S. The summed E-state index contributed by atoms with van der Waals surface area (Å²) < 4.78 is 9.91. The fourth-order valence-electron chi connectivity index (χ4n) is 3.68. The molecule has 1 heterocycles. The average Bonchev–Trinajstić information content (AvgIpc) is 3.18. The highest BCUT2D eigenvalue weighted by atomic mass is 35.5. The second kappa shape index (κ2) is 11.8. The molecule has 0 saturated carbocycles. The molecule has 9 nitrogen and oxygen atoms in total. The number of ether oxygens (including phenoxy) is 2. The molecule has 2 N–H and O–H groups in total.